The van der Waals surface area contributed by atoms with E-state index in [9.17, 15) is 13.6 Å². The number of nitrogens with zero attached hydrogens (tertiary/aromatic N) is 1. The number of aliphatic hydroxyl groups excluding tert-OH is 1. The third-order valence-electron chi connectivity index (χ3n) is 4.01. The van der Waals surface area contributed by atoms with Gasteiger partial charge in [0.25, 0.3) is 0 Å². The van der Waals surface area contributed by atoms with Gasteiger partial charge in [-0.25, -0.2) is 8.78 Å². The molecule has 3 N–H and O–H groups in total. The Balaban J connectivity index is 0.000000203. The molecule has 0 atom stereocenters. The van der Waals surface area contributed by atoms with Crippen molar-refractivity contribution in [3.05, 3.63) is 71.3 Å². The van der Waals surface area contributed by atoms with Gasteiger partial charge in [0.1, 0.15) is 11.6 Å². The number of halogens is 2. The van der Waals surface area contributed by atoms with Gasteiger partial charge in [0.15, 0.2) is 0 Å². The average molecular weight is 390 g/mol. The Kier molecular flexibility index (Phi) is 8.58. The number of primary amides is 1. The number of rotatable bonds is 5. The predicted octanol–water partition coefficient (Wildman–Crippen LogP) is 2.52. The molecule has 0 bridgehead atoms. The maximum Gasteiger partial charge on any atom is 0.241 e. The van der Waals surface area contributed by atoms with Crippen LogP contribution in [0.2, 0.25) is 0 Å². The number of benzene rings is 2. The Hall–Kier alpha value is -2.77. The molecular weight excluding hydrogens is 366 g/mol. The number of anilines is 1. The summed E-state index contributed by atoms with van der Waals surface area (Å²) in [5.74, 6) is -2.04. The second-order valence-electron chi connectivity index (χ2n) is 6.18. The van der Waals surface area contributed by atoms with Gasteiger partial charge in [0, 0.05) is 37.5 Å². The van der Waals surface area contributed by atoms with Crippen LogP contribution in [-0.4, -0.2) is 43.9 Å². The minimum Gasteiger partial charge on any atom is -0.396 e. The zero-order valence-electron chi connectivity index (χ0n) is 15.5. The summed E-state index contributed by atoms with van der Waals surface area (Å²) in [5, 5.41) is 8.89. The second kappa shape index (κ2) is 11.2. The van der Waals surface area contributed by atoms with Crippen molar-refractivity contribution < 1.29 is 23.4 Å². The Labute approximate surface area is 163 Å². The number of hydrogen-bond donors (Lipinski definition) is 2. The first-order valence-electron chi connectivity index (χ1n) is 8.94. The number of ether oxygens (including phenoxy) is 1. The molecule has 28 heavy (non-hydrogen) atoms. The van der Waals surface area contributed by atoms with Crippen molar-refractivity contribution in [2.75, 3.05) is 37.8 Å². The summed E-state index contributed by atoms with van der Waals surface area (Å²) in [5.41, 5.74) is 7.50. The van der Waals surface area contributed by atoms with Crippen LogP contribution in [0.25, 0.3) is 6.08 Å². The molecule has 0 aliphatic carbocycles. The lowest BCUT2D eigenvalue weighted by molar-refractivity contribution is -0.113. The standard InChI is InChI=1S/C12H17NO2.C9H7F2NO/c14-7-4-11-2-1-3-12(10-11)13-5-8-15-9-6-13;10-7-3-6(1-2-9(12)13)4-8(11)5-7/h1-3,10,14H,4-9H2;1-5H,(H2,12,13)/b;2-1+. The van der Waals surface area contributed by atoms with Gasteiger partial charge < -0.3 is 20.5 Å². The number of morpholine rings is 1. The maximum atomic E-state index is 12.6. The van der Waals surface area contributed by atoms with Crippen molar-refractivity contribution in [2.45, 2.75) is 6.42 Å². The Morgan fingerprint density at radius 1 is 1.14 bits per heavy atom. The van der Waals surface area contributed by atoms with E-state index in [0.29, 0.717) is 0 Å². The first-order chi connectivity index (χ1) is 13.5. The van der Waals surface area contributed by atoms with Crippen LogP contribution in [0.3, 0.4) is 0 Å². The molecule has 2 aromatic carbocycles. The van der Waals surface area contributed by atoms with E-state index in [4.69, 9.17) is 15.6 Å². The van der Waals surface area contributed by atoms with E-state index in [2.05, 4.69) is 29.2 Å². The lowest BCUT2D eigenvalue weighted by atomic mass is 10.1. The molecule has 2 aromatic rings. The molecule has 1 aliphatic rings. The fourth-order valence-electron chi connectivity index (χ4n) is 2.71. The second-order valence-corrected chi connectivity index (χ2v) is 6.18. The van der Waals surface area contributed by atoms with Crippen LogP contribution in [0, 0.1) is 11.6 Å². The van der Waals surface area contributed by atoms with Crippen LogP contribution in [0.5, 0.6) is 0 Å². The fourth-order valence-corrected chi connectivity index (χ4v) is 2.71. The summed E-state index contributed by atoms with van der Waals surface area (Å²) in [7, 11) is 0. The van der Waals surface area contributed by atoms with Crippen molar-refractivity contribution in [3.8, 4) is 0 Å². The minimum absolute atomic E-state index is 0.215. The lowest BCUT2D eigenvalue weighted by Crippen LogP contribution is -2.36. The maximum absolute atomic E-state index is 12.6. The van der Waals surface area contributed by atoms with Gasteiger partial charge in [0.2, 0.25) is 5.91 Å². The summed E-state index contributed by atoms with van der Waals surface area (Å²) in [4.78, 5) is 12.6. The molecule has 0 radical (unpaired) electrons. The topological polar surface area (TPSA) is 75.8 Å². The highest BCUT2D eigenvalue weighted by Gasteiger charge is 2.10. The summed E-state index contributed by atoms with van der Waals surface area (Å²) in [6.45, 7) is 3.76. The first-order valence-corrected chi connectivity index (χ1v) is 8.94. The Morgan fingerprint density at radius 3 is 2.43 bits per heavy atom. The normalized spacial score (nSPS) is 13.9. The largest absolute Gasteiger partial charge is 0.396 e. The number of hydrogen-bond acceptors (Lipinski definition) is 4. The third-order valence-corrected chi connectivity index (χ3v) is 4.01. The molecule has 1 saturated heterocycles. The molecule has 1 fully saturated rings. The van der Waals surface area contributed by atoms with Crippen LogP contribution < -0.4 is 10.6 Å². The van der Waals surface area contributed by atoms with Crippen molar-refractivity contribution in [2.24, 2.45) is 5.73 Å². The summed E-state index contributed by atoms with van der Waals surface area (Å²) in [6.07, 6.45) is 3.01. The molecule has 1 aliphatic heterocycles. The van der Waals surface area contributed by atoms with Gasteiger partial charge >= 0.3 is 0 Å². The van der Waals surface area contributed by atoms with E-state index in [1.54, 1.807) is 0 Å². The van der Waals surface area contributed by atoms with E-state index in [-0.39, 0.29) is 12.2 Å². The van der Waals surface area contributed by atoms with Crippen molar-refractivity contribution >= 4 is 17.7 Å². The molecule has 150 valence electrons. The van der Waals surface area contributed by atoms with E-state index in [0.717, 1.165) is 57.0 Å². The van der Waals surface area contributed by atoms with Gasteiger partial charge in [-0.3, -0.25) is 4.79 Å². The molecule has 7 heteroatoms. The summed E-state index contributed by atoms with van der Waals surface area (Å²) >= 11 is 0. The Bertz CT molecular complexity index is 786. The number of carbonyl (C=O) groups excluding carboxylic acids is 1. The molecule has 5 nitrogen and oxygen atoms in total. The number of aliphatic hydroxyl groups is 1. The zero-order chi connectivity index (χ0) is 20.4. The number of amides is 1. The SMILES string of the molecule is NC(=O)/C=C/c1cc(F)cc(F)c1.OCCc1cccc(N2CCOCC2)c1. The monoisotopic (exact) mass is 390 g/mol. The molecule has 1 amide bonds. The summed E-state index contributed by atoms with van der Waals surface area (Å²) < 4.78 is 30.4. The molecule has 0 spiro atoms. The van der Waals surface area contributed by atoms with Gasteiger partial charge in [0.05, 0.1) is 13.2 Å². The van der Waals surface area contributed by atoms with E-state index in [1.807, 2.05) is 0 Å². The van der Waals surface area contributed by atoms with Crippen molar-refractivity contribution in [1.29, 1.82) is 0 Å². The predicted molar refractivity (Wildman–Crippen MR) is 105 cm³/mol. The molecule has 1 heterocycles. The molecule has 0 unspecified atom stereocenters. The van der Waals surface area contributed by atoms with Crippen LogP contribution >= 0.6 is 0 Å². The van der Waals surface area contributed by atoms with Crippen LogP contribution in [0.15, 0.2) is 48.5 Å². The highest BCUT2D eigenvalue weighted by atomic mass is 19.1. The highest BCUT2D eigenvalue weighted by molar-refractivity contribution is 5.90. The molecule has 3 rings (SSSR count). The minimum atomic E-state index is -0.691. The number of nitrogens with two attached hydrogens (primary N) is 1. The Morgan fingerprint density at radius 2 is 1.82 bits per heavy atom. The van der Waals surface area contributed by atoms with Crippen LogP contribution in [0.4, 0.5) is 14.5 Å². The summed E-state index contributed by atoms with van der Waals surface area (Å²) in [6, 6.07) is 11.3. The smallest absolute Gasteiger partial charge is 0.241 e. The lowest BCUT2D eigenvalue weighted by Gasteiger charge is -2.29. The van der Waals surface area contributed by atoms with Crippen LogP contribution in [-0.2, 0) is 16.0 Å². The van der Waals surface area contributed by atoms with Crippen molar-refractivity contribution in [1.82, 2.24) is 0 Å². The number of carbonyl (C=O) groups is 1. The molecule has 0 aromatic heterocycles. The zero-order valence-corrected chi connectivity index (χ0v) is 15.5. The average Bonchev–Trinajstić information content (AvgIpc) is 2.67. The van der Waals surface area contributed by atoms with Gasteiger partial charge in [-0.05, 0) is 47.9 Å². The fraction of sp³-hybridized carbons (Fsp3) is 0.286. The van der Waals surface area contributed by atoms with Crippen LogP contribution in [0.1, 0.15) is 11.1 Å². The molecular formula is C21H24F2N2O3. The van der Waals surface area contributed by atoms with Gasteiger partial charge in [-0.1, -0.05) is 12.1 Å². The first kappa shape index (κ1) is 21.5. The van der Waals surface area contributed by atoms with E-state index in [1.165, 1.54) is 17.3 Å². The van der Waals surface area contributed by atoms with Gasteiger partial charge in [-0.15, -0.1) is 0 Å². The highest BCUT2D eigenvalue weighted by Crippen LogP contribution is 2.17. The van der Waals surface area contributed by atoms with E-state index < -0.39 is 17.5 Å². The van der Waals surface area contributed by atoms with Crippen molar-refractivity contribution in [3.63, 3.8) is 0 Å². The quantitative estimate of drug-likeness (QED) is 0.770. The van der Waals surface area contributed by atoms with Gasteiger partial charge in [-0.2, -0.15) is 0 Å². The molecule has 0 saturated carbocycles. The third kappa shape index (κ3) is 7.46. The van der Waals surface area contributed by atoms with E-state index >= 15 is 0 Å².